The summed E-state index contributed by atoms with van der Waals surface area (Å²) >= 11 is 0. The van der Waals surface area contributed by atoms with Crippen LogP contribution in [0.2, 0.25) is 0 Å². The molecule has 0 N–H and O–H groups in total. The molecule has 0 heteroatoms. The van der Waals surface area contributed by atoms with Crippen molar-refractivity contribution in [3.63, 3.8) is 0 Å². The number of rotatable bonds is 2. The third kappa shape index (κ3) is 1.59. The molecule has 0 fully saturated rings. The molecule has 4 rings (SSSR count). The highest BCUT2D eigenvalue weighted by Crippen LogP contribution is 2.63. The van der Waals surface area contributed by atoms with Crippen molar-refractivity contribution < 1.29 is 0 Å². The third-order valence-corrected chi connectivity index (χ3v) is 5.89. The van der Waals surface area contributed by atoms with Gasteiger partial charge in [0.2, 0.25) is 0 Å². The summed E-state index contributed by atoms with van der Waals surface area (Å²) in [6.45, 7) is 7.18. The van der Waals surface area contributed by atoms with Crippen molar-refractivity contribution in [1.82, 2.24) is 0 Å². The van der Waals surface area contributed by atoms with Gasteiger partial charge in [0.05, 0.1) is 0 Å². The van der Waals surface area contributed by atoms with E-state index in [2.05, 4.69) is 81.5 Å². The van der Waals surface area contributed by atoms with Crippen LogP contribution in [0.25, 0.3) is 6.08 Å². The van der Waals surface area contributed by atoms with Gasteiger partial charge in [0.25, 0.3) is 0 Å². The number of hydrogen-bond donors (Lipinski definition) is 0. The largest absolute Gasteiger partial charge is 0.0727 e. The van der Waals surface area contributed by atoms with Gasteiger partial charge >= 0.3 is 0 Å². The van der Waals surface area contributed by atoms with Crippen LogP contribution in [0.5, 0.6) is 0 Å². The number of hydrogen-bond acceptors (Lipinski definition) is 0. The Kier molecular flexibility index (Phi) is 2.88. The minimum absolute atomic E-state index is 0.170. The molecule has 0 aromatic heterocycles. The topological polar surface area (TPSA) is 0 Å². The molecule has 2 aromatic carbocycles. The first-order chi connectivity index (χ1) is 10.6. The quantitative estimate of drug-likeness (QED) is 0.652. The minimum Gasteiger partial charge on any atom is -0.0727 e. The Morgan fingerprint density at radius 3 is 2.36 bits per heavy atom. The SMILES string of the molecule is CCC[C@]12C=Cc3ccccc3[C@H]1C(C)(C)c1ccccc12. The van der Waals surface area contributed by atoms with Crippen LogP contribution in [0, 0.1) is 0 Å². The number of benzene rings is 2. The maximum atomic E-state index is 2.51. The van der Waals surface area contributed by atoms with Gasteiger partial charge in [0.15, 0.2) is 0 Å². The van der Waals surface area contributed by atoms with Gasteiger partial charge < -0.3 is 0 Å². The van der Waals surface area contributed by atoms with Crippen molar-refractivity contribution in [3.8, 4) is 0 Å². The molecule has 2 aliphatic carbocycles. The summed E-state index contributed by atoms with van der Waals surface area (Å²) in [5.74, 6) is 0.540. The van der Waals surface area contributed by atoms with E-state index in [9.17, 15) is 0 Å². The average Bonchev–Trinajstić information content (AvgIpc) is 2.74. The van der Waals surface area contributed by atoms with Crippen molar-refractivity contribution in [1.29, 1.82) is 0 Å². The molecule has 2 aromatic rings. The molecule has 2 atom stereocenters. The van der Waals surface area contributed by atoms with Gasteiger partial charge in [-0.25, -0.2) is 0 Å². The maximum Gasteiger partial charge on any atom is 0.0215 e. The van der Waals surface area contributed by atoms with Crippen LogP contribution >= 0.6 is 0 Å². The second-order valence-electron chi connectivity index (χ2n) is 7.45. The van der Waals surface area contributed by atoms with Crippen LogP contribution in [-0.2, 0) is 10.8 Å². The molecule has 0 nitrogen and oxygen atoms in total. The Morgan fingerprint density at radius 1 is 0.909 bits per heavy atom. The Hall–Kier alpha value is -1.82. The van der Waals surface area contributed by atoms with Gasteiger partial charge in [-0.1, -0.05) is 87.9 Å². The summed E-state index contributed by atoms with van der Waals surface area (Å²) in [5, 5.41) is 0. The summed E-state index contributed by atoms with van der Waals surface area (Å²) in [7, 11) is 0. The van der Waals surface area contributed by atoms with Crippen molar-refractivity contribution in [2.45, 2.75) is 50.4 Å². The third-order valence-electron chi connectivity index (χ3n) is 5.89. The fourth-order valence-electron chi connectivity index (χ4n) is 5.20. The van der Waals surface area contributed by atoms with Crippen LogP contribution in [0.1, 0.15) is 61.8 Å². The van der Waals surface area contributed by atoms with Gasteiger partial charge in [-0.2, -0.15) is 0 Å². The van der Waals surface area contributed by atoms with Crippen LogP contribution in [0.15, 0.2) is 54.6 Å². The van der Waals surface area contributed by atoms with Gasteiger partial charge in [-0.3, -0.25) is 0 Å². The summed E-state index contributed by atoms with van der Waals surface area (Å²) in [6, 6.07) is 18.1. The molecule has 0 amide bonds. The predicted octanol–water partition coefficient (Wildman–Crippen LogP) is 5.83. The summed E-state index contributed by atoms with van der Waals surface area (Å²) < 4.78 is 0. The van der Waals surface area contributed by atoms with Crippen molar-refractivity contribution in [2.24, 2.45) is 0 Å². The van der Waals surface area contributed by atoms with E-state index < -0.39 is 0 Å². The maximum absolute atomic E-state index is 2.51. The lowest BCUT2D eigenvalue weighted by molar-refractivity contribution is 0.318. The molecule has 2 aliphatic rings. The zero-order chi connectivity index (χ0) is 15.4. The summed E-state index contributed by atoms with van der Waals surface area (Å²) in [5.41, 5.74) is 6.36. The first-order valence-electron chi connectivity index (χ1n) is 8.49. The second kappa shape index (κ2) is 4.59. The molecular weight excluding hydrogens is 264 g/mol. The average molecular weight is 288 g/mol. The highest BCUT2D eigenvalue weighted by Gasteiger charge is 2.55. The lowest BCUT2D eigenvalue weighted by atomic mass is 9.60. The molecule has 0 unspecified atom stereocenters. The van der Waals surface area contributed by atoms with Gasteiger partial charge in [0.1, 0.15) is 0 Å². The highest BCUT2D eigenvalue weighted by atomic mass is 14.6. The van der Waals surface area contributed by atoms with E-state index >= 15 is 0 Å². The summed E-state index contributed by atoms with van der Waals surface area (Å²) in [6.07, 6.45) is 7.31. The molecule has 0 saturated carbocycles. The molecule has 0 aliphatic heterocycles. The van der Waals surface area contributed by atoms with Crippen LogP contribution in [0.4, 0.5) is 0 Å². The van der Waals surface area contributed by atoms with Crippen LogP contribution in [0.3, 0.4) is 0 Å². The first kappa shape index (κ1) is 13.8. The van der Waals surface area contributed by atoms with E-state index in [1.54, 1.807) is 5.56 Å². The number of allylic oxidation sites excluding steroid dienone is 1. The van der Waals surface area contributed by atoms with Gasteiger partial charge in [0, 0.05) is 11.3 Å². The molecule has 0 bridgehead atoms. The molecule has 22 heavy (non-hydrogen) atoms. The summed E-state index contributed by atoms with van der Waals surface area (Å²) in [4.78, 5) is 0. The van der Waals surface area contributed by atoms with Crippen LogP contribution in [-0.4, -0.2) is 0 Å². The number of fused-ring (bicyclic) bond motifs is 5. The van der Waals surface area contributed by atoms with Crippen molar-refractivity contribution >= 4 is 6.08 Å². The van der Waals surface area contributed by atoms with Crippen molar-refractivity contribution in [2.75, 3.05) is 0 Å². The Bertz CT molecular complexity index is 750. The molecule has 112 valence electrons. The van der Waals surface area contributed by atoms with E-state index in [1.165, 1.54) is 29.5 Å². The smallest absolute Gasteiger partial charge is 0.0215 e. The first-order valence-corrected chi connectivity index (χ1v) is 8.49. The lowest BCUT2D eigenvalue weighted by Crippen LogP contribution is -2.36. The lowest BCUT2D eigenvalue weighted by Gasteiger charge is -2.42. The fourth-order valence-corrected chi connectivity index (χ4v) is 5.20. The van der Waals surface area contributed by atoms with E-state index in [4.69, 9.17) is 0 Å². The van der Waals surface area contributed by atoms with Crippen molar-refractivity contribution in [3.05, 3.63) is 76.9 Å². The van der Waals surface area contributed by atoms with E-state index in [-0.39, 0.29) is 10.8 Å². The zero-order valence-corrected chi connectivity index (χ0v) is 13.8. The Balaban J connectivity index is 2.05. The monoisotopic (exact) mass is 288 g/mol. The Morgan fingerprint density at radius 2 is 1.59 bits per heavy atom. The standard InChI is InChI=1S/C22H24/c1-4-14-22-15-13-16-9-5-6-10-17(16)20(22)21(2,3)18-11-7-8-12-19(18)22/h5-13,15,20H,4,14H2,1-3H3/t20-,22+/m0/s1. The van der Waals surface area contributed by atoms with Gasteiger partial charge in [-0.15, -0.1) is 0 Å². The Labute approximate surface area is 133 Å². The molecule has 0 radical (unpaired) electrons. The van der Waals surface area contributed by atoms with E-state index in [1.807, 2.05) is 0 Å². The molecule has 0 spiro atoms. The minimum atomic E-state index is 0.170. The zero-order valence-electron chi connectivity index (χ0n) is 13.8. The highest BCUT2D eigenvalue weighted by molar-refractivity contribution is 5.68. The fraction of sp³-hybridized carbons (Fsp3) is 0.364. The predicted molar refractivity (Wildman–Crippen MR) is 94.3 cm³/mol. The normalized spacial score (nSPS) is 27.1. The molecular formula is C22H24. The second-order valence-corrected chi connectivity index (χ2v) is 7.45. The van der Waals surface area contributed by atoms with E-state index in [0.717, 1.165) is 0 Å². The van der Waals surface area contributed by atoms with Gasteiger partial charge in [-0.05, 0) is 34.1 Å². The molecule has 0 saturated heterocycles. The molecule has 0 heterocycles. The van der Waals surface area contributed by atoms with Crippen LogP contribution < -0.4 is 0 Å². The van der Waals surface area contributed by atoms with E-state index in [0.29, 0.717) is 5.92 Å².